The van der Waals surface area contributed by atoms with Crippen molar-refractivity contribution in [3.63, 3.8) is 0 Å². The quantitative estimate of drug-likeness (QED) is 0.330. The normalized spacial score (nSPS) is 10.8. The van der Waals surface area contributed by atoms with Gasteiger partial charge in [-0.15, -0.1) is 0 Å². The van der Waals surface area contributed by atoms with Crippen LogP contribution in [-0.2, 0) is 13.0 Å². The van der Waals surface area contributed by atoms with Crippen LogP contribution in [0.25, 0.3) is 22.4 Å². The van der Waals surface area contributed by atoms with Crippen molar-refractivity contribution in [2.24, 2.45) is 5.73 Å². The second-order valence-electron chi connectivity index (χ2n) is 7.99. The fourth-order valence-electron chi connectivity index (χ4n) is 3.75. The van der Waals surface area contributed by atoms with Crippen molar-refractivity contribution in [1.82, 2.24) is 19.9 Å². The Labute approximate surface area is 207 Å². The van der Waals surface area contributed by atoms with Gasteiger partial charge in [0, 0.05) is 29.7 Å². The Morgan fingerprint density at radius 2 is 1.67 bits per heavy atom. The lowest BCUT2D eigenvalue weighted by atomic mass is 10.1. The number of benzene rings is 2. The number of hydrogen-bond acceptors (Lipinski definition) is 7. The first-order chi connectivity index (χ1) is 17.6. The van der Waals surface area contributed by atoms with Crippen LogP contribution in [0.2, 0.25) is 0 Å². The molecule has 36 heavy (non-hydrogen) atoms. The molecule has 0 bridgehead atoms. The standard InChI is InChI=1S/C28H23N5O3/c1-2-19-9-10-24(26(33-19)28-31-12-6-13-32-28)36-23-11-14-30-22-15-21(27(29)34)25(16-20(22)23)35-17-18-7-4-3-5-8-18/h3-16H,2,17H2,1H3,(H2,29,34). The maximum Gasteiger partial charge on any atom is 0.252 e. The molecule has 1 amide bonds. The number of carbonyl (C=O) groups is 1. The fraction of sp³-hybridized carbons (Fsp3) is 0.107. The van der Waals surface area contributed by atoms with Gasteiger partial charge in [-0.1, -0.05) is 37.3 Å². The number of pyridine rings is 2. The molecule has 178 valence electrons. The summed E-state index contributed by atoms with van der Waals surface area (Å²) in [6.07, 6.45) is 5.70. The number of hydrogen-bond donors (Lipinski definition) is 1. The Morgan fingerprint density at radius 1 is 0.861 bits per heavy atom. The summed E-state index contributed by atoms with van der Waals surface area (Å²) in [4.78, 5) is 30.0. The van der Waals surface area contributed by atoms with Gasteiger partial charge < -0.3 is 15.2 Å². The smallest absolute Gasteiger partial charge is 0.252 e. The molecule has 5 aromatic rings. The highest BCUT2D eigenvalue weighted by molar-refractivity contribution is 6.01. The van der Waals surface area contributed by atoms with Crippen LogP contribution >= 0.6 is 0 Å². The number of ether oxygens (including phenoxy) is 2. The van der Waals surface area contributed by atoms with E-state index in [1.54, 1.807) is 42.9 Å². The van der Waals surface area contributed by atoms with Crippen LogP contribution < -0.4 is 15.2 Å². The zero-order valence-corrected chi connectivity index (χ0v) is 19.6. The number of primary amides is 1. The van der Waals surface area contributed by atoms with Gasteiger partial charge in [-0.05, 0) is 48.4 Å². The predicted molar refractivity (Wildman–Crippen MR) is 136 cm³/mol. The third kappa shape index (κ3) is 4.83. The number of nitrogens with zero attached hydrogens (tertiary/aromatic N) is 4. The second-order valence-corrected chi connectivity index (χ2v) is 7.99. The average molecular weight is 478 g/mol. The Morgan fingerprint density at radius 3 is 2.42 bits per heavy atom. The van der Waals surface area contributed by atoms with Crippen LogP contribution in [-0.4, -0.2) is 25.8 Å². The van der Waals surface area contributed by atoms with Crippen molar-refractivity contribution in [3.05, 3.63) is 102 Å². The maximum absolute atomic E-state index is 12.2. The SMILES string of the molecule is CCc1ccc(Oc2ccnc3cc(C(N)=O)c(OCc4ccccc4)cc23)c(-c2ncccn2)n1. The molecule has 0 saturated heterocycles. The summed E-state index contributed by atoms with van der Waals surface area (Å²) in [5, 5.41) is 0.657. The zero-order valence-electron chi connectivity index (χ0n) is 19.6. The Bertz CT molecular complexity index is 1530. The van der Waals surface area contributed by atoms with Crippen molar-refractivity contribution < 1.29 is 14.3 Å². The van der Waals surface area contributed by atoms with E-state index in [1.165, 1.54) is 0 Å². The number of aryl methyl sites for hydroxylation is 1. The second kappa shape index (κ2) is 10.2. The minimum absolute atomic E-state index is 0.246. The molecule has 2 N–H and O–H groups in total. The Hall–Kier alpha value is -4.85. The molecule has 0 fully saturated rings. The first-order valence-electron chi connectivity index (χ1n) is 11.5. The molecule has 3 aromatic heterocycles. The van der Waals surface area contributed by atoms with Crippen LogP contribution in [0, 0.1) is 0 Å². The highest BCUT2D eigenvalue weighted by atomic mass is 16.5. The van der Waals surface area contributed by atoms with Crippen molar-refractivity contribution in [2.75, 3.05) is 0 Å². The maximum atomic E-state index is 12.2. The van der Waals surface area contributed by atoms with Crippen LogP contribution in [0.5, 0.6) is 17.2 Å². The van der Waals surface area contributed by atoms with Crippen LogP contribution in [0.4, 0.5) is 0 Å². The van der Waals surface area contributed by atoms with Gasteiger partial charge in [0.25, 0.3) is 5.91 Å². The molecule has 0 unspecified atom stereocenters. The van der Waals surface area contributed by atoms with Gasteiger partial charge in [-0.2, -0.15) is 0 Å². The summed E-state index contributed by atoms with van der Waals surface area (Å²) >= 11 is 0. The minimum Gasteiger partial charge on any atom is -0.488 e. The van der Waals surface area contributed by atoms with Gasteiger partial charge in [-0.25, -0.2) is 15.0 Å². The molecule has 3 heterocycles. The molecule has 2 aromatic carbocycles. The van der Waals surface area contributed by atoms with E-state index in [0.29, 0.717) is 39.7 Å². The number of fused-ring (bicyclic) bond motifs is 1. The zero-order chi connectivity index (χ0) is 24.9. The van der Waals surface area contributed by atoms with Crippen molar-refractivity contribution in [1.29, 1.82) is 0 Å². The largest absolute Gasteiger partial charge is 0.488 e. The fourth-order valence-corrected chi connectivity index (χ4v) is 3.75. The number of aromatic nitrogens is 4. The highest BCUT2D eigenvalue weighted by Gasteiger charge is 2.18. The number of rotatable bonds is 8. The molecule has 0 spiro atoms. The summed E-state index contributed by atoms with van der Waals surface area (Å²) in [7, 11) is 0. The van der Waals surface area contributed by atoms with E-state index in [-0.39, 0.29) is 12.2 Å². The Balaban J connectivity index is 1.56. The molecule has 0 aliphatic rings. The molecule has 0 aliphatic heterocycles. The minimum atomic E-state index is -0.601. The summed E-state index contributed by atoms with van der Waals surface area (Å²) < 4.78 is 12.3. The molecule has 0 atom stereocenters. The van der Waals surface area contributed by atoms with E-state index in [4.69, 9.17) is 20.2 Å². The molecule has 0 radical (unpaired) electrons. The molecule has 5 rings (SSSR count). The third-order valence-electron chi connectivity index (χ3n) is 5.58. The van der Waals surface area contributed by atoms with E-state index >= 15 is 0 Å². The first kappa shape index (κ1) is 22.9. The van der Waals surface area contributed by atoms with Gasteiger partial charge in [0.2, 0.25) is 0 Å². The molecule has 0 aliphatic carbocycles. The Kier molecular flexibility index (Phi) is 6.48. The topological polar surface area (TPSA) is 113 Å². The number of amides is 1. The van der Waals surface area contributed by atoms with Gasteiger partial charge in [0.1, 0.15) is 18.1 Å². The lowest BCUT2D eigenvalue weighted by Gasteiger charge is -2.15. The van der Waals surface area contributed by atoms with Crippen molar-refractivity contribution in [3.8, 4) is 28.8 Å². The summed E-state index contributed by atoms with van der Waals surface area (Å²) in [5.74, 6) is 1.23. The van der Waals surface area contributed by atoms with Crippen LogP contribution in [0.15, 0.2) is 85.3 Å². The van der Waals surface area contributed by atoms with Crippen LogP contribution in [0.1, 0.15) is 28.5 Å². The molecular weight excluding hydrogens is 454 g/mol. The molecular formula is C28H23N5O3. The number of nitrogens with two attached hydrogens (primary N) is 1. The third-order valence-corrected chi connectivity index (χ3v) is 5.58. The molecule has 0 saturated carbocycles. The van der Waals surface area contributed by atoms with E-state index in [0.717, 1.165) is 17.7 Å². The van der Waals surface area contributed by atoms with Gasteiger partial charge in [0.15, 0.2) is 17.3 Å². The number of carbonyl (C=O) groups excluding carboxylic acids is 1. The van der Waals surface area contributed by atoms with Gasteiger partial charge in [0.05, 0.1) is 11.1 Å². The lowest BCUT2D eigenvalue weighted by molar-refractivity contribution is 0.0996. The van der Waals surface area contributed by atoms with Crippen molar-refractivity contribution in [2.45, 2.75) is 20.0 Å². The summed E-state index contributed by atoms with van der Waals surface area (Å²) in [6.45, 7) is 2.31. The summed E-state index contributed by atoms with van der Waals surface area (Å²) in [6, 6.07) is 20.3. The van der Waals surface area contributed by atoms with Crippen LogP contribution in [0.3, 0.4) is 0 Å². The first-order valence-corrected chi connectivity index (χ1v) is 11.5. The van der Waals surface area contributed by atoms with E-state index < -0.39 is 5.91 Å². The van der Waals surface area contributed by atoms with Gasteiger partial charge >= 0.3 is 0 Å². The summed E-state index contributed by atoms with van der Waals surface area (Å²) in [5.41, 5.74) is 8.83. The van der Waals surface area contributed by atoms with Gasteiger partial charge in [-0.3, -0.25) is 9.78 Å². The monoisotopic (exact) mass is 477 g/mol. The van der Waals surface area contributed by atoms with Crippen molar-refractivity contribution >= 4 is 16.8 Å². The van der Waals surface area contributed by atoms with E-state index in [1.807, 2.05) is 49.4 Å². The highest BCUT2D eigenvalue weighted by Crippen LogP contribution is 2.36. The van der Waals surface area contributed by atoms with E-state index in [9.17, 15) is 4.79 Å². The average Bonchev–Trinajstić information content (AvgIpc) is 2.93. The van der Waals surface area contributed by atoms with E-state index in [2.05, 4.69) is 15.0 Å². The predicted octanol–water partition coefficient (Wildman–Crippen LogP) is 5.12. The molecule has 8 nitrogen and oxygen atoms in total. The molecule has 8 heteroatoms. The lowest BCUT2D eigenvalue weighted by Crippen LogP contribution is -2.13.